The molecule has 2 saturated heterocycles. The molecule has 4 unspecified atom stereocenters. The van der Waals surface area contributed by atoms with Crippen molar-refractivity contribution >= 4 is 11.9 Å². The number of esters is 2. The summed E-state index contributed by atoms with van der Waals surface area (Å²) in [7, 11) is 0. The second kappa shape index (κ2) is 42.8. The average molecular weight is 1020 g/mol. The van der Waals surface area contributed by atoms with E-state index in [1.807, 2.05) is 0 Å². The fourth-order valence-corrected chi connectivity index (χ4v) is 10.4. The number of carbonyl (C=O) groups excluding carboxylic acids is 2. The average Bonchev–Trinajstić information content (AvgIpc) is 3.36. The maximum atomic E-state index is 13.3. The molecule has 2 fully saturated rings. The summed E-state index contributed by atoms with van der Waals surface area (Å²) in [5, 5.41) is 65.3. The lowest BCUT2D eigenvalue weighted by Crippen LogP contribution is -2.64. The Hall–Kier alpha value is -1.42. The van der Waals surface area contributed by atoms with Gasteiger partial charge in [0.1, 0.15) is 62.0 Å². The standard InChI is InChI=1S/C58H110O13/c1-5-9-13-17-21-25-29-33-37-45(38-34-30-26-22-18-14-10-6-2)41-49(59)67-43-47-51(61)53(63)55(65)57(69-47)71-58-56(66)54(64)52(62)48(70-58)44-68-50(60)42-46(39-35-31-27-23-19-15-11-7-3)40-36-32-28-24-20-16-12-8-4/h45-48,51-58,61-66H,5-44H2,1-4H3/t47?,48?,51-,52-,53-,54-,55?,56?,57-,58-/m0/s1. The lowest BCUT2D eigenvalue weighted by Gasteiger charge is -2.44. The molecule has 2 rings (SSSR count). The van der Waals surface area contributed by atoms with E-state index in [0.717, 1.165) is 77.0 Å². The highest BCUT2D eigenvalue weighted by Crippen LogP contribution is 2.30. The normalized spacial score (nSPS) is 24.8. The Morgan fingerprint density at radius 2 is 0.592 bits per heavy atom. The number of ether oxygens (including phenoxy) is 5. The molecule has 2 aliphatic heterocycles. The molecule has 13 heteroatoms. The minimum atomic E-state index is -1.81. The van der Waals surface area contributed by atoms with Crippen LogP contribution in [-0.2, 0) is 33.3 Å². The predicted octanol–water partition coefficient (Wildman–Crippen LogP) is 11.8. The molecule has 0 aromatic carbocycles. The van der Waals surface area contributed by atoms with Crippen LogP contribution in [0.2, 0.25) is 0 Å². The minimum Gasteiger partial charge on any atom is -0.463 e. The van der Waals surface area contributed by atoms with Gasteiger partial charge in [0.15, 0.2) is 12.6 Å². The molecular formula is C58H110O13. The van der Waals surface area contributed by atoms with Crippen LogP contribution in [0.4, 0.5) is 0 Å². The van der Waals surface area contributed by atoms with E-state index < -0.39 is 86.6 Å². The molecule has 13 nitrogen and oxygen atoms in total. The van der Waals surface area contributed by atoms with Crippen LogP contribution in [0.3, 0.4) is 0 Å². The molecule has 71 heavy (non-hydrogen) atoms. The largest absolute Gasteiger partial charge is 0.463 e. The van der Waals surface area contributed by atoms with Crippen LogP contribution in [0.15, 0.2) is 0 Å². The Labute approximate surface area is 432 Å². The maximum Gasteiger partial charge on any atom is 0.306 e. The topological polar surface area (TPSA) is 202 Å². The second-order valence-electron chi connectivity index (χ2n) is 21.7. The Kier molecular flexibility index (Phi) is 39.6. The highest BCUT2D eigenvalue weighted by Gasteiger charge is 2.50. The maximum absolute atomic E-state index is 13.3. The second-order valence-corrected chi connectivity index (χ2v) is 21.7. The molecule has 0 aliphatic carbocycles. The SMILES string of the molecule is CCCCCCCCCCC(CCCCCCCCCC)CC(=O)OCC1O[C@@H](O[C@@H]2OC(COC(=O)CC(CCCCCCCCCC)CCCCCCCCCC)[C@H](O)[C@H](O)C2O)C(O)[C@@H](O)[C@H]1O. The quantitative estimate of drug-likeness (QED) is 0.0249. The van der Waals surface area contributed by atoms with E-state index in [9.17, 15) is 40.2 Å². The van der Waals surface area contributed by atoms with Crippen molar-refractivity contribution in [2.45, 2.75) is 333 Å². The molecule has 0 amide bonds. The first-order valence-electron chi connectivity index (χ1n) is 29.8. The Morgan fingerprint density at radius 1 is 0.352 bits per heavy atom. The minimum absolute atomic E-state index is 0.170. The Bertz CT molecular complexity index is 1130. The molecule has 2 aliphatic rings. The third kappa shape index (κ3) is 30.1. The van der Waals surface area contributed by atoms with Crippen molar-refractivity contribution in [2.75, 3.05) is 13.2 Å². The van der Waals surface area contributed by atoms with Crippen LogP contribution in [0.25, 0.3) is 0 Å². The lowest BCUT2D eigenvalue weighted by atomic mass is 9.91. The zero-order valence-corrected chi connectivity index (χ0v) is 45.8. The van der Waals surface area contributed by atoms with Crippen LogP contribution in [-0.4, -0.2) is 117 Å². The smallest absolute Gasteiger partial charge is 0.306 e. The summed E-state index contributed by atoms with van der Waals surface area (Å²) in [4.78, 5) is 26.6. The van der Waals surface area contributed by atoms with Crippen molar-refractivity contribution in [3.63, 3.8) is 0 Å². The van der Waals surface area contributed by atoms with E-state index in [0.29, 0.717) is 0 Å². The molecule has 0 aromatic rings. The number of aliphatic hydroxyl groups is 6. The first kappa shape index (κ1) is 65.7. The van der Waals surface area contributed by atoms with E-state index in [4.69, 9.17) is 23.7 Å². The molecule has 0 radical (unpaired) electrons. The third-order valence-electron chi connectivity index (χ3n) is 15.2. The van der Waals surface area contributed by atoms with Crippen LogP contribution in [0.1, 0.15) is 272 Å². The summed E-state index contributed by atoms with van der Waals surface area (Å²) in [6, 6.07) is 0. The van der Waals surface area contributed by atoms with Gasteiger partial charge in [-0.25, -0.2) is 0 Å². The molecule has 0 spiro atoms. The van der Waals surface area contributed by atoms with E-state index in [1.165, 1.54) is 154 Å². The van der Waals surface area contributed by atoms with Crippen LogP contribution < -0.4 is 0 Å². The fraction of sp³-hybridized carbons (Fsp3) is 0.966. The molecule has 0 bridgehead atoms. The summed E-state index contributed by atoms with van der Waals surface area (Å²) < 4.78 is 28.8. The van der Waals surface area contributed by atoms with Crippen LogP contribution >= 0.6 is 0 Å². The molecule has 420 valence electrons. The van der Waals surface area contributed by atoms with E-state index in [1.54, 1.807) is 0 Å². The number of carbonyl (C=O) groups is 2. The number of hydrogen-bond acceptors (Lipinski definition) is 13. The van der Waals surface area contributed by atoms with Gasteiger partial charge < -0.3 is 54.3 Å². The molecule has 2 heterocycles. The van der Waals surface area contributed by atoms with Gasteiger partial charge in [-0.2, -0.15) is 0 Å². The third-order valence-corrected chi connectivity index (χ3v) is 15.2. The zero-order chi connectivity index (χ0) is 51.9. The monoisotopic (exact) mass is 1010 g/mol. The molecule has 6 N–H and O–H groups in total. The molecule has 0 aromatic heterocycles. The van der Waals surface area contributed by atoms with Gasteiger partial charge in [0.05, 0.1) is 0 Å². The highest BCUT2D eigenvalue weighted by atomic mass is 16.8. The van der Waals surface area contributed by atoms with Gasteiger partial charge >= 0.3 is 11.9 Å². The lowest BCUT2D eigenvalue weighted by molar-refractivity contribution is -0.376. The number of rotatable bonds is 46. The molecule has 0 saturated carbocycles. The Morgan fingerprint density at radius 3 is 0.845 bits per heavy atom. The van der Waals surface area contributed by atoms with Crippen LogP contribution in [0.5, 0.6) is 0 Å². The molecular weight excluding hydrogens is 905 g/mol. The van der Waals surface area contributed by atoms with Crippen molar-refractivity contribution in [3.8, 4) is 0 Å². The van der Waals surface area contributed by atoms with Crippen molar-refractivity contribution in [1.29, 1.82) is 0 Å². The van der Waals surface area contributed by atoms with Gasteiger partial charge in [-0.3, -0.25) is 9.59 Å². The summed E-state index contributed by atoms with van der Waals surface area (Å²) in [5.41, 5.74) is 0. The summed E-state index contributed by atoms with van der Waals surface area (Å²) in [5.74, 6) is -0.529. The van der Waals surface area contributed by atoms with Crippen LogP contribution in [0, 0.1) is 11.8 Å². The predicted molar refractivity (Wildman–Crippen MR) is 281 cm³/mol. The number of aliphatic hydroxyl groups excluding tert-OH is 6. The van der Waals surface area contributed by atoms with Gasteiger partial charge in [0, 0.05) is 12.8 Å². The van der Waals surface area contributed by atoms with Gasteiger partial charge in [-0.05, 0) is 37.5 Å². The van der Waals surface area contributed by atoms with Gasteiger partial charge in [0.2, 0.25) is 0 Å². The summed E-state index contributed by atoms with van der Waals surface area (Å²) in [6.07, 6.45) is 26.6. The van der Waals surface area contributed by atoms with Crippen molar-refractivity contribution in [2.24, 2.45) is 11.8 Å². The zero-order valence-electron chi connectivity index (χ0n) is 45.8. The fourth-order valence-electron chi connectivity index (χ4n) is 10.4. The van der Waals surface area contributed by atoms with Gasteiger partial charge in [-0.1, -0.05) is 233 Å². The van der Waals surface area contributed by atoms with E-state index >= 15 is 0 Å². The number of unbranched alkanes of at least 4 members (excludes halogenated alkanes) is 28. The Balaban J connectivity index is 1.96. The summed E-state index contributed by atoms with van der Waals surface area (Å²) in [6.45, 7) is 8.07. The van der Waals surface area contributed by atoms with E-state index in [-0.39, 0.29) is 24.7 Å². The van der Waals surface area contributed by atoms with Crippen molar-refractivity contribution in [3.05, 3.63) is 0 Å². The van der Waals surface area contributed by atoms with Crippen molar-refractivity contribution < 1.29 is 63.9 Å². The van der Waals surface area contributed by atoms with Gasteiger partial charge in [0.25, 0.3) is 0 Å². The highest BCUT2D eigenvalue weighted by molar-refractivity contribution is 5.70. The first-order chi connectivity index (χ1) is 34.5. The number of hydrogen-bond donors (Lipinski definition) is 6. The molecule has 10 atom stereocenters. The summed E-state index contributed by atoms with van der Waals surface area (Å²) >= 11 is 0. The van der Waals surface area contributed by atoms with Crippen molar-refractivity contribution in [1.82, 2.24) is 0 Å². The van der Waals surface area contributed by atoms with E-state index in [2.05, 4.69) is 27.7 Å². The first-order valence-corrected chi connectivity index (χ1v) is 29.8. The van der Waals surface area contributed by atoms with Gasteiger partial charge in [-0.15, -0.1) is 0 Å².